The third-order valence-corrected chi connectivity index (χ3v) is 5.40. The topological polar surface area (TPSA) is 72.2 Å². The van der Waals surface area contributed by atoms with Crippen LogP contribution in [0.5, 0.6) is 0 Å². The molecule has 2 aromatic carbocycles. The van der Waals surface area contributed by atoms with E-state index in [1.807, 2.05) is 31.2 Å². The Morgan fingerprint density at radius 3 is 2.58 bits per heavy atom. The molecule has 0 aliphatic heterocycles. The van der Waals surface area contributed by atoms with Crippen molar-refractivity contribution < 1.29 is 12.8 Å². The van der Waals surface area contributed by atoms with Crippen LogP contribution in [0.25, 0.3) is 11.3 Å². The molecule has 0 unspecified atom stereocenters. The average Bonchev–Trinajstić information content (AvgIpc) is 3.04. The summed E-state index contributed by atoms with van der Waals surface area (Å²) < 4.78 is 29.6. The van der Waals surface area contributed by atoms with Crippen LogP contribution in [0, 0.1) is 6.92 Å². The molecule has 24 heavy (non-hydrogen) atoms. The molecule has 6 heteroatoms. The number of sulfone groups is 1. The van der Waals surface area contributed by atoms with E-state index in [4.69, 9.17) is 4.42 Å². The van der Waals surface area contributed by atoms with Gasteiger partial charge in [-0.3, -0.25) is 0 Å². The predicted octanol–water partition coefficient (Wildman–Crippen LogP) is 4.19. The Balaban J connectivity index is 1.83. The van der Waals surface area contributed by atoms with Gasteiger partial charge in [0.2, 0.25) is 0 Å². The summed E-state index contributed by atoms with van der Waals surface area (Å²) in [5, 5.41) is 3.00. The van der Waals surface area contributed by atoms with Crippen molar-refractivity contribution in [3.8, 4) is 11.3 Å². The van der Waals surface area contributed by atoms with E-state index >= 15 is 0 Å². The number of aromatic nitrogens is 1. The Hall–Kier alpha value is -2.60. The largest absolute Gasteiger partial charge is 0.423 e. The van der Waals surface area contributed by atoms with Crippen molar-refractivity contribution in [2.24, 2.45) is 0 Å². The first-order valence-corrected chi connectivity index (χ1v) is 9.26. The van der Waals surface area contributed by atoms with Gasteiger partial charge in [0.15, 0.2) is 15.6 Å². The molecule has 0 fully saturated rings. The molecule has 0 aliphatic rings. The van der Waals surface area contributed by atoms with E-state index in [2.05, 4.69) is 10.3 Å². The van der Waals surface area contributed by atoms with Crippen molar-refractivity contribution in [1.29, 1.82) is 0 Å². The zero-order valence-electron chi connectivity index (χ0n) is 13.5. The first kappa shape index (κ1) is 16.3. The highest BCUT2D eigenvalue weighted by Gasteiger charge is 2.12. The summed E-state index contributed by atoms with van der Waals surface area (Å²) in [5.41, 5.74) is 2.72. The third-order valence-electron chi connectivity index (χ3n) is 3.67. The average molecular weight is 342 g/mol. The highest BCUT2D eigenvalue weighted by atomic mass is 32.2. The number of anilines is 2. The second-order valence-corrected chi connectivity index (χ2v) is 7.73. The van der Waals surface area contributed by atoms with Gasteiger partial charge in [0.25, 0.3) is 6.01 Å². The number of aryl methyl sites for hydroxylation is 1. The molecule has 1 N–H and O–H groups in total. The van der Waals surface area contributed by atoms with Gasteiger partial charge in [-0.05, 0) is 25.1 Å². The summed E-state index contributed by atoms with van der Waals surface area (Å²) >= 11 is 0. The van der Waals surface area contributed by atoms with Crippen LogP contribution < -0.4 is 5.32 Å². The summed E-state index contributed by atoms with van der Waals surface area (Å²) in [4.78, 5) is 4.47. The van der Waals surface area contributed by atoms with Crippen molar-refractivity contribution >= 4 is 21.5 Å². The molecule has 0 bridgehead atoms. The van der Waals surface area contributed by atoms with Crippen LogP contribution in [0.4, 0.5) is 11.7 Å². The second kappa shape index (κ2) is 6.49. The third kappa shape index (κ3) is 3.49. The summed E-state index contributed by atoms with van der Waals surface area (Å²) in [6, 6.07) is 14.9. The summed E-state index contributed by atoms with van der Waals surface area (Å²) in [6.45, 7) is 3.64. The minimum atomic E-state index is -3.25. The smallest absolute Gasteiger partial charge is 0.299 e. The van der Waals surface area contributed by atoms with Gasteiger partial charge in [0.1, 0.15) is 0 Å². The number of nitrogens with one attached hydrogen (secondary N) is 1. The van der Waals surface area contributed by atoms with Gasteiger partial charge in [-0.2, -0.15) is 0 Å². The number of benzene rings is 2. The zero-order chi connectivity index (χ0) is 17.2. The fraction of sp³-hybridized carbons (Fsp3) is 0.167. The van der Waals surface area contributed by atoms with Gasteiger partial charge < -0.3 is 9.73 Å². The lowest BCUT2D eigenvalue weighted by Gasteiger charge is -2.05. The Bertz CT molecular complexity index is 944. The molecule has 3 aromatic rings. The molecule has 0 spiro atoms. The molecule has 3 rings (SSSR count). The van der Waals surface area contributed by atoms with E-state index in [9.17, 15) is 8.42 Å². The maximum absolute atomic E-state index is 12.0. The van der Waals surface area contributed by atoms with E-state index in [0.29, 0.717) is 17.5 Å². The molecule has 0 radical (unpaired) electrons. The van der Waals surface area contributed by atoms with Gasteiger partial charge in [0, 0.05) is 11.3 Å². The van der Waals surface area contributed by atoms with E-state index in [1.54, 1.807) is 37.4 Å². The summed E-state index contributed by atoms with van der Waals surface area (Å²) in [5.74, 6) is 0.711. The van der Waals surface area contributed by atoms with Gasteiger partial charge in [-0.15, -0.1) is 0 Å². The van der Waals surface area contributed by atoms with Crippen LogP contribution in [0.1, 0.15) is 12.5 Å². The standard InChI is InChI=1S/C18H18N2O3S/c1-3-24(21,22)16-6-4-5-15(11-16)20-18-19-12-17(23-18)14-9-7-13(2)8-10-14/h4-12H,3H2,1-2H3,(H,19,20). The van der Waals surface area contributed by atoms with Gasteiger partial charge in [-0.25, -0.2) is 13.4 Å². The summed E-state index contributed by atoms with van der Waals surface area (Å²) in [7, 11) is -3.25. The molecule has 5 nitrogen and oxygen atoms in total. The number of nitrogens with zero attached hydrogens (tertiary/aromatic N) is 1. The number of hydrogen-bond donors (Lipinski definition) is 1. The van der Waals surface area contributed by atoms with E-state index in [1.165, 1.54) is 5.56 Å². The fourth-order valence-corrected chi connectivity index (χ4v) is 3.17. The molecule has 1 heterocycles. The molecule has 1 aromatic heterocycles. The highest BCUT2D eigenvalue weighted by molar-refractivity contribution is 7.91. The minimum Gasteiger partial charge on any atom is -0.423 e. The highest BCUT2D eigenvalue weighted by Crippen LogP contribution is 2.25. The fourth-order valence-electron chi connectivity index (χ4n) is 2.24. The minimum absolute atomic E-state index is 0.0625. The zero-order valence-corrected chi connectivity index (χ0v) is 14.3. The molecule has 0 saturated carbocycles. The van der Waals surface area contributed by atoms with Crippen LogP contribution in [0.15, 0.2) is 64.0 Å². The van der Waals surface area contributed by atoms with Crippen molar-refractivity contribution in [2.45, 2.75) is 18.7 Å². The van der Waals surface area contributed by atoms with Gasteiger partial charge in [-0.1, -0.05) is 42.8 Å². The van der Waals surface area contributed by atoms with E-state index < -0.39 is 9.84 Å². The monoisotopic (exact) mass is 342 g/mol. The lowest BCUT2D eigenvalue weighted by atomic mass is 10.1. The van der Waals surface area contributed by atoms with Crippen LogP contribution >= 0.6 is 0 Å². The second-order valence-electron chi connectivity index (χ2n) is 5.45. The normalized spacial score (nSPS) is 11.4. The molecule has 0 atom stereocenters. The Kier molecular flexibility index (Phi) is 4.40. The van der Waals surface area contributed by atoms with Crippen LogP contribution in [-0.4, -0.2) is 19.2 Å². The number of hydrogen-bond acceptors (Lipinski definition) is 5. The van der Waals surface area contributed by atoms with E-state index in [0.717, 1.165) is 5.56 Å². The van der Waals surface area contributed by atoms with Crippen LogP contribution in [0.2, 0.25) is 0 Å². The van der Waals surface area contributed by atoms with Gasteiger partial charge >= 0.3 is 0 Å². The molecular weight excluding hydrogens is 324 g/mol. The lowest BCUT2D eigenvalue weighted by Crippen LogP contribution is -2.04. The number of rotatable bonds is 5. The Morgan fingerprint density at radius 1 is 1.12 bits per heavy atom. The molecule has 0 saturated heterocycles. The van der Waals surface area contributed by atoms with Crippen molar-refractivity contribution in [3.63, 3.8) is 0 Å². The SMILES string of the molecule is CCS(=O)(=O)c1cccc(Nc2ncc(-c3ccc(C)cc3)o2)c1. The Labute approximate surface area is 141 Å². The van der Waals surface area contributed by atoms with Crippen LogP contribution in [0.3, 0.4) is 0 Å². The van der Waals surface area contributed by atoms with Crippen molar-refractivity contribution in [3.05, 3.63) is 60.3 Å². The number of oxazole rings is 1. The first-order valence-electron chi connectivity index (χ1n) is 7.60. The summed E-state index contributed by atoms with van der Waals surface area (Å²) in [6.07, 6.45) is 1.64. The Morgan fingerprint density at radius 2 is 1.88 bits per heavy atom. The van der Waals surface area contributed by atoms with Crippen LogP contribution in [-0.2, 0) is 9.84 Å². The molecule has 124 valence electrons. The predicted molar refractivity (Wildman–Crippen MR) is 94.1 cm³/mol. The maximum atomic E-state index is 12.0. The van der Waals surface area contributed by atoms with Gasteiger partial charge in [0.05, 0.1) is 16.8 Å². The van der Waals surface area contributed by atoms with Crippen molar-refractivity contribution in [1.82, 2.24) is 4.98 Å². The molecule has 0 aliphatic carbocycles. The first-order chi connectivity index (χ1) is 11.5. The van der Waals surface area contributed by atoms with Crippen molar-refractivity contribution in [2.75, 3.05) is 11.1 Å². The molecule has 0 amide bonds. The quantitative estimate of drug-likeness (QED) is 0.753. The lowest BCUT2D eigenvalue weighted by molar-refractivity contribution is 0.591. The van der Waals surface area contributed by atoms with E-state index in [-0.39, 0.29) is 10.6 Å². The maximum Gasteiger partial charge on any atom is 0.299 e. The molecular formula is C18H18N2O3S.